The first-order chi connectivity index (χ1) is 9.47. The van der Waals surface area contributed by atoms with Crippen molar-refractivity contribution in [2.75, 3.05) is 5.73 Å². The Morgan fingerprint density at radius 2 is 1.80 bits per heavy atom. The van der Waals surface area contributed by atoms with Crippen LogP contribution in [0.15, 0.2) is 42.5 Å². The Labute approximate surface area is 117 Å². The van der Waals surface area contributed by atoms with Gasteiger partial charge in [-0.05, 0) is 41.8 Å². The largest absolute Gasteiger partial charge is 0.478 e. The zero-order valence-corrected chi connectivity index (χ0v) is 11.5. The third kappa shape index (κ3) is 3.09. The number of nitrogens with two attached hydrogens (primary N) is 1. The number of hydrogen-bond acceptors (Lipinski definition) is 3. The van der Waals surface area contributed by atoms with Crippen LogP contribution in [0, 0.1) is 0 Å². The van der Waals surface area contributed by atoms with Crippen molar-refractivity contribution < 1.29 is 14.6 Å². The smallest absolute Gasteiger partial charge is 0.335 e. The molecule has 2 rings (SSSR count). The van der Waals surface area contributed by atoms with E-state index in [2.05, 4.69) is 13.8 Å². The maximum Gasteiger partial charge on any atom is 0.335 e. The summed E-state index contributed by atoms with van der Waals surface area (Å²) in [5, 5.41) is 8.97. The van der Waals surface area contributed by atoms with Crippen LogP contribution in [0.4, 0.5) is 5.69 Å². The lowest BCUT2D eigenvalue weighted by Crippen LogP contribution is -1.99. The number of carboxylic acid groups (broad SMARTS) is 1. The van der Waals surface area contributed by atoms with Crippen molar-refractivity contribution in [3.05, 3.63) is 53.6 Å². The van der Waals surface area contributed by atoms with E-state index < -0.39 is 5.97 Å². The fraction of sp³-hybridized carbons (Fsp3) is 0.188. The molecule has 0 aliphatic carbocycles. The second kappa shape index (κ2) is 5.65. The lowest BCUT2D eigenvalue weighted by atomic mass is 10.0. The van der Waals surface area contributed by atoms with Crippen molar-refractivity contribution in [1.29, 1.82) is 0 Å². The highest BCUT2D eigenvalue weighted by atomic mass is 16.5. The quantitative estimate of drug-likeness (QED) is 0.828. The van der Waals surface area contributed by atoms with Gasteiger partial charge in [0.15, 0.2) is 5.75 Å². The van der Waals surface area contributed by atoms with Gasteiger partial charge in [0.25, 0.3) is 0 Å². The van der Waals surface area contributed by atoms with Crippen LogP contribution in [0.5, 0.6) is 11.5 Å². The SMILES string of the molecule is CC(C)c1ccc(Oc2cc(C(=O)O)ccc2N)cc1. The van der Waals surface area contributed by atoms with Crippen LogP contribution in [0.2, 0.25) is 0 Å². The Morgan fingerprint density at radius 1 is 1.15 bits per heavy atom. The van der Waals surface area contributed by atoms with Crippen molar-refractivity contribution in [1.82, 2.24) is 0 Å². The average molecular weight is 271 g/mol. The van der Waals surface area contributed by atoms with Gasteiger partial charge in [-0.25, -0.2) is 4.79 Å². The topological polar surface area (TPSA) is 72.5 Å². The summed E-state index contributed by atoms with van der Waals surface area (Å²) in [6.45, 7) is 4.23. The minimum atomic E-state index is -1.01. The number of carbonyl (C=O) groups is 1. The Balaban J connectivity index is 2.25. The zero-order chi connectivity index (χ0) is 14.7. The van der Waals surface area contributed by atoms with E-state index in [1.165, 1.54) is 23.8 Å². The number of benzene rings is 2. The molecule has 104 valence electrons. The number of anilines is 1. The second-order valence-electron chi connectivity index (χ2n) is 4.88. The summed E-state index contributed by atoms with van der Waals surface area (Å²) in [4.78, 5) is 10.9. The molecule has 3 N–H and O–H groups in total. The summed E-state index contributed by atoms with van der Waals surface area (Å²) in [7, 11) is 0. The third-order valence-electron chi connectivity index (χ3n) is 3.04. The summed E-state index contributed by atoms with van der Waals surface area (Å²) < 4.78 is 5.65. The molecule has 0 amide bonds. The lowest BCUT2D eigenvalue weighted by Gasteiger charge is -2.11. The standard InChI is InChI=1S/C16H17NO3/c1-10(2)11-3-6-13(7-4-11)20-15-9-12(16(18)19)5-8-14(15)17/h3-10H,17H2,1-2H3,(H,18,19). The highest BCUT2D eigenvalue weighted by molar-refractivity contribution is 5.89. The molecule has 0 aliphatic rings. The Kier molecular flexibility index (Phi) is 3.94. The van der Waals surface area contributed by atoms with Crippen molar-refractivity contribution in [2.24, 2.45) is 0 Å². The predicted octanol–water partition coefficient (Wildman–Crippen LogP) is 3.88. The summed E-state index contributed by atoms with van der Waals surface area (Å²) in [6, 6.07) is 12.1. The molecule has 0 aliphatic heterocycles. The molecule has 4 nitrogen and oxygen atoms in total. The molecule has 2 aromatic rings. The monoisotopic (exact) mass is 271 g/mol. The minimum Gasteiger partial charge on any atom is -0.478 e. The van der Waals surface area contributed by atoms with Gasteiger partial charge in [0.05, 0.1) is 11.3 Å². The summed E-state index contributed by atoms with van der Waals surface area (Å²) >= 11 is 0. The molecule has 0 saturated carbocycles. The molecular weight excluding hydrogens is 254 g/mol. The molecule has 0 unspecified atom stereocenters. The van der Waals surface area contributed by atoms with Gasteiger partial charge in [0.1, 0.15) is 5.75 Å². The molecule has 0 radical (unpaired) electrons. The number of nitrogen functional groups attached to an aromatic ring is 1. The normalized spacial score (nSPS) is 10.6. The van der Waals surface area contributed by atoms with Crippen molar-refractivity contribution in [2.45, 2.75) is 19.8 Å². The van der Waals surface area contributed by atoms with E-state index in [-0.39, 0.29) is 5.56 Å². The van der Waals surface area contributed by atoms with Gasteiger partial charge in [-0.3, -0.25) is 0 Å². The summed E-state index contributed by atoms with van der Waals surface area (Å²) in [6.07, 6.45) is 0. The van der Waals surface area contributed by atoms with Crippen LogP contribution < -0.4 is 10.5 Å². The maximum atomic E-state index is 10.9. The number of carboxylic acids is 1. The lowest BCUT2D eigenvalue weighted by molar-refractivity contribution is 0.0696. The molecule has 0 saturated heterocycles. The molecule has 4 heteroatoms. The van der Waals surface area contributed by atoms with E-state index >= 15 is 0 Å². The fourth-order valence-electron chi connectivity index (χ4n) is 1.80. The molecule has 0 bridgehead atoms. The minimum absolute atomic E-state index is 0.146. The number of aromatic carboxylic acids is 1. The number of ether oxygens (including phenoxy) is 1. The molecular formula is C16H17NO3. The molecule has 0 aromatic heterocycles. The van der Waals surface area contributed by atoms with E-state index in [0.29, 0.717) is 23.1 Å². The maximum absolute atomic E-state index is 10.9. The van der Waals surface area contributed by atoms with Crippen molar-refractivity contribution in [3.8, 4) is 11.5 Å². The molecule has 0 atom stereocenters. The van der Waals surface area contributed by atoms with Crippen LogP contribution in [-0.2, 0) is 0 Å². The first kappa shape index (κ1) is 13.9. The number of rotatable bonds is 4. The van der Waals surface area contributed by atoms with Crippen LogP contribution in [0.1, 0.15) is 35.7 Å². The molecule has 0 heterocycles. The van der Waals surface area contributed by atoms with Gasteiger partial charge >= 0.3 is 5.97 Å². The van der Waals surface area contributed by atoms with E-state index in [1.807, 2.05) is 24.3 Å². The Morgan fingerprint density at radius 3 is 2.35 bits per heavy atom. The van der Waals surface area contributed by atoms with Gasteiger partial charge < -0.3 is 15.6 Å². The van der Waals surface area contributed by atoms with Crippen LogP contribution >= 0.6 is 0 Å². The summed E-state index contributed by atoms with van der Waals surface area (Å²) in [5.41, 5.74) is 7.56. The van der Waals surface area contributed by atoms with Gasteiger partial charge in [0, 0.05) is 0 Å². The predicted molar refractivity (Wildman–Crippen MR) is 78.4 cm³/mol. The Bertz CT molecular complexity index is 618. The fourth-order valence-corrected chi connectivity index (χ4v) is 1.80. The van der Waals surface area contributed by atoms with Crippen LogP contribution in [-0.4, -0.2) is 11.1 Å². The summed E-state index contributed by atoms with van der Waals surface area (Å²) in [5.74, 6) is 0.417. The van der Waals surface area contributed by atoms with E-state index in [1.54, 1.807) is 0 Å². The molecule has 20 heavy (non-hydrogen) atoms. The van der Waals surface area contributed by atoms with Gasteiger partial charge in [-0.2, -0.15) is 0 Å². The van der Waals surface area contributed by atoms with Gasteiger partial charge in [-0.1, -0.05) is 26.0 Å². The zero-order valence-electron chi connectivity index (χ0n) is 11.5. The molecule has 0 fully saturated rings. The van der Waals surface area contributed by atoms with Crippen LogP contribution in [0.3, 0.4) is 0 Å². The number of hydrogen-bond donors (Lipinski definition) is 2. The highest BCUT2D eigenvalue weighted by Gasteiger charge is 2.09. The van der Waals surface area contributed by atoms with E-state index in [9.17, 15) is 4.79 Å². The molecule has 0 spiro atoms. The first-order valence-corrected chi connectivity index (χ1v) is 6.38. The van der Waals surface area contributed by atoms with Crippen molar-refractivity contribution in [3.63, 3.8) is 0 Å². The second-order valence-corrected chi connectivity index (χ2v) is 4.88. The Hall–Kier alpha value is -2.49. The van der Waals surface area contributed by atoms with E-state index in [4.69, 9.17) is 15.6 Å². The first-order valence-electron chi connectivity index (χ1n) is 6.38. The van der Waals surface area contributed by atoms with Crippen molar-refractivity contribution >= 4 is 11.7 Å². The van der Waals surface area contributed by atoms with Crippen LogP contribution in [0.25, 0.3) is 0 Å². The average Bonchev–Trinajstić information content (AvgIpc) is 2.41. The highest BCUT2D eigenvalue weighted by Crippen LogP contribution is 2.29. The molecule has 2 aromatic carbocycles. The van der Waals surface area contributed by atoms with Gasteiger partial charge in [0.2, 0.25) is 0 Å². The van der Waals surface area contributed by atoms with Gasteiger partial charge in [-0.15, -0.1) is 0 Å². The third-order valence-corrected chi connectivity index (χ3v) is 3.04. The van der Waals surface area contributed by atoms with E-state index in [0.717, 1.165) is 0 Å².